The van der Waals surface area contributed by atoms with E-state index in [0.717, 1.165) is 0 Å². The Balaban J connectivity index is 2.24. The molecule has 0 aliphatic rings. The zero-order valence-corrected chi connectivity index (χ0v) is 15.0. The van der Waals surface area contributed by atoms with Crippen molar-refractivity contribution in [2.75, 3.05) is 0 Å². The van der Waals surface area contributed by atoms with Gasteiger partial charge in [0.25, 0.3) is 0 Å². The fraction of sp³-hybridized carbons (Fsp3) is 0.375. The van der Waals surface area contributed by atoms with E-state index in [1.165, 1.54) is 6.20 Å². The molecule has 1 atom stereocenters. The summed E-state index contributed by atoms with van der Waals surface area (Å²) in [5.41, 5.74) is 0.254. The zero-order valence-electron chi connectivity index (χ0n) is 13.4. The molecule has 1 heterocycles. The maximum Gasteiger partial charge on any atom is 0.408 e. The number of ether oxygens (including phenoxy) is 1. The molecule has 0 saturated carbocycles. The predicted molar refractivity (Wildman–Crippen MR) is 90.5 cm³/mol. The largest absolute Gasteiger partial charge is 0.480 e. The first kappa shape index (κ1) is 18.3. The third-order valence-corrected chi connectivity index (χ3v) is 3.84. The molecule has 0 fully saturated rings. The monoisotopic (exact) mass is 400 g/mol. The standard InChI is InChI=1S/C16H18BrFN2O4/c1-16(2,3)24-15(23)20-11(14(21)22)6-8-7-19-10-5-4-9(17)13(18)12(8)10/h4-5,7,11,19H,6H2,1-3H3,(H,20,23)(H,21,22). The van der Waals surface area contributed by atoms with Crippen molar-refractivity contribution in [3.05, 3.63) is 34.2 Å². The highest BCUT2D eigenvalue weighted by molar-refractivity contribution is 9.10. The highest BCUT2D eigenvalue weighted by atomic mass is 79.9. The number of carbonyl (C=O) groups excluding carboxylic acids is 1. The topological polar surface area (TPSA) is 91.4 Å². The number of carboxylic acid groups (broad SMARTS) is 1. The summed E-state index contributed by atoms with van der Waals surface area (Å²) >= 11 is 3.11. The summed E-state index contributed by atoms with van der Waals surface area (Å²) in [5, 5.41) is 11.9. The van der Waals surface area contributed by atoms with Crippen LogP contribution in [0.25, 0.3) is 10.9 Å². The molecular weight excluding hydrogens is 383 g/mol. The van der Waals surface area contributed by atoms with Gasteiger partial charge in [0.1, 0.15) is 17.5 Å². The van der Waals surface area contributed by atoms with E-state index in [1.807, 2.05) is 0 Å². The number of halogens is 2. The van der Waals surface area contributed by atoms with Gasteiger partial charge in [-0.3, -0.25) is 0 Å². The molecule has 6 nitrogen and oxygen atoms in total. The number of aromatic amines is 1. The molecule has 24 heavy (non-hydrogen) atoms. The molecule has 1 aromatic carbocycles. The lowest BCUT2D eigenvalue weighted by molar-refractivity contribution is -0.139. The number of fused-ring (bicyclic) bond motifs is 1. The van der Waals surface area contributed by atoms with E-state index in [0.29, 0.717) is 16.5 Å². The van der Waals surface area contributed by atoms with Gasteiger partial charge in [0.15, 0.2) is 0 Å². The third kappa shape index (κ3) is 4.25. The normalized spacial score (nSPS) is 12.9. The van der Waals surface area contributed by atoms with Crippen LogP contribution in [0.15, 0.2) is 22.8 Å². The highest BCUT2D eigenvalue weighted by Gasteiger charge is 2.26. The number of carbonyl (C=O) groups is 2. The number of aromatic nitrogens is 1. The first-order valence-electron chi connectivity index (χ1n) is 7.25. The van der Waals surface area contributed by atoms with Gasteiger partial charge < -0.3 is 20.1 Å². The minimum absolute atomic E-state index is 0.0814. The maximum absolute atomic E-state index is 14.3. The van der Waals surface area contributed by atoms with E-state index in [9.17, 15) is 19.1 Å². The Morgan fingerprint density at radius 1 is 1.42 bits per heavy atom. The summed E-state index contributed by atoms with van der Waals surface area (Å²) in [6, 6.07) is 2.01. The van der Waals surface area contributed by atoms with Crippen molar-refractivity contribution in [3.8, 4) is 0 Å². The van der Waals surface area contributed by atoms with Crippen LogP contribution in [0.2, 0.25) is 0 Å². The number of aliphatic carboxylic acids is 1. The molecule has 1 unspecified atom stereocenters. The molecule has 1 aromatic heterocycles. The van der Waals surface area contributed by atoms with Crippen molar-refractivity contribution < 1.29 is 23.8 Å². The SMILES string of the molecule is CC(C)(C)OC(=O)NC(Cc1c[nH]c2ccc(Br)c(F)c12)C(=O)O. The summed E-state index contributed by atoms with van der Waals surface area (Å²) in [6.07, 6.45) is 0.617. The van der Waals surface area contributed by atoms with E-state index in [2.05, 4.69) is 26.2 Å². The Kier molecular flexibility index (Phi) is 5.17. The van der Waals surface area contributed by atoms with Gasteiger partial charge >= 0.3 is 12.1 Å². The van der Waals surface area contributed by atoms with Crippen LogP contribution in [-0.4, -0.2) is 33.8 Å². The molecule has 3 N–H and O–H groups in total. The zero-order chi connectivity index (χ0) is 18.1. The lowest BCUT2D eigenvalue weighted by Gasteiger charge is -2.22. The number of benzene rings is 1. The number of amides is 1. The average molecular weight is 401 g/mol. The van der Waals surface area contributed by atoms with Crippen molar-refractivity contribution in [1.29, 1.82) is 0 Å². The van der Waals surface area contributed by atoms with Gasteiger partial charge in [-0.15, -0.1) is 0 Å². The molecule has 0 radical (unpaired) electrons. The van der Waals surface area contributed by atoms with Crippen LogP contribution in [0.5, 0.6) is 0 Å². The van der Waals surface area contributed by atoms with Gasteiger partial charge in [0, 0.05) is 23.5 Å². The fourth-order valence-electron chi connectivity index (χ4n) is 2.25. The summed E-state index contributed by atoms with van der Waals surface area (Å²) < 4.78 is 19.6. The number of hydrogen-bond donors (Lipinski definition) is 3. The van der Waals surface area contributed by atoms with Crippen LogP contribution in [0.1, 0.15) is 26.3 Å². The second-order valence-electron chi connectivity index (χ2n) is 6.34. The molecule has 0 aliphatic carbocycles. The molecule has 8 heteroatoms. The first-order valence-corrected chi connectivity index (χ1v) is 8.04. The number of alkyl carbamates (subject to hydrolysis) is 1. The Bertz CT molecular complexity index is 782. The molecular formula is C16H18BrFN2O4. The Morgan fingerprint density at radius 3 is 2.67 bits per heavy atom. The van der Waals surface area contributed by atoms with Gasteiger partial charge in [0.05, 0.1) is 4.47 Å². The van der Waals surface area contributed by atoms with Crippen LogP contribution < -0.4 is 5.32 Å². The van der Waals surface area contributed by atoms with E-state index >= 15 is 0 Å². The number of nitrogens with one attached hydrogen (secondary N) is 2. The smallest absolute Gasteiger partial charge is 0.408 e. The first-order chi connectivity index (χ1) is 11.1. The van der Waals surface area contributed by atoms with Crippen molar-refractivity contribution in [2.45, 2.75) is 38.8 Å². The maximum atomic E-state index is 14.3. The number of rotatable bonds is 4. The Hall–Kier alpha value is -2.09. The lowest BCUT2D eigenvalue weighted by Crippen LogP contribution is -2.44. The Labute approximate surface area is 146 Å². The molecule has 0 aliphatic heterocycles. The molecule has 0 spiro atoms. The van der Waals surface area contributed by atoms with Gasteiger partial charge in [-0.1, -0.05) is 0 Å². The quantitative estimate of drug-likeness (QED) is 0.730. The second-order valence-corrected chi connectivity index (χ2v) is 7.19. The van der Waals surface area contributed by atoms with Crippen LogP contribution in [0.4, 0.5) is 9.18 Å². The van der Waals surface area contributed by atoms with Crippen LogP contribution >= 0.6 is 15.9 Å². The van der Waals surface area contributed by atoms with Crippen molar-refractivity contribution in [1.82, 2.24) is 10.3 Å². The van der Waals surface area contributed by atoms with Crippen molar-refractivity contribution in [2.24, 2.45) is 0 Å². The fourth-order valence-corrected chi connectivity index (χ4v) is 2.58. The minimum atomic E-state index is -1.24. The number of carboxylic acids is 1. The summed E-state index contributed by atoms with van der Waals surface area (Å²) in [5.74, 6) is -1.71. The van der Waals surface area contributed by atoms with Crippen molar-refractivity contribution in [3.63, 3.8) is 0 Å². The molecule has 0 saturated heterocycles. The number of H-pyrrole nitrogens is 1. The van der Waals surface area contributed by atoms with Gasteiger partial charge in [-0.2, -0.15) is 0 Å². The molecule has 2 aromatic rings. The third-order valence-electron chi connectivity index (χ3n) is 3.23. The number of hydrogen-bond acceptors (Lipinski definition) is 3. The highest BCUT2D eigenvalue weighted by Crippen LogP contribution is 2.28. The summed E-state index contributed by atoms with van der Waals surface area (Å²) in [7, 11) is 0. The molecule has 0 bridgehead atoms. The van der Waals surface area contributed by atoms with Crippen molar-refractivity contribution >= 4 is 38.9 Å². The summed E-state index contributed by atoms with van der Waals surface area (Å²) in [4.78, 5) is 26.1. The van der Waals surface area contributed by atoms with Gasteiger partial charge in [0.2, 0.25) is 0 Å². The van der Waals surface area contributed by atoms with Gasteiger partial charge in [-0.05, 0) is 54.4 Å². The molecule has 2 rings (SSSR count). The van der Waals surface area contributed by atoms with E-state index in [1.54, 1.807) is 32.9 Å². The second kappa shape index (κ2) is 6.80. The predicted octanol–water partition coefficient (Wildman–Crippen LogP) is 3.59. The van der Waals surface area contributed by atoms with E-state index in [4.69, 9.17) is 4.74 Å². The minimum Gasteiger partial charge on any atom is -0.480 e. The molecule has 130 valence electrons. The lowest BCUT2D eigenvalue weighted by atomic mass is 10.0. The molecule has 1 amide bonds. The van der Waals surface area contributed by atoms with Gasteiger partial charge in [-0.25, -0.2) is 14.0 Å². The summed E-state index contributed by atoms with van der Waals surface area (Å²) in [6.45, 7) is 5.03. The van der Waals surface area contributed by atoms with Crippen LogP contribution in [0, 0.1) is 5.82 Å². The average Bonchev–Trinajstić information content (AvgIpc) is 2.83. The van der Waals surface area contributed by atoms with Crippen LogP contribution in [0.3, 0.4) is 0 Å². The Morgan fingerprint density at radius 2 is 2.08 bits per heavy atom. The van der Waals surface area contributed by atoms with E-state index < -0.39 is 29.5 Å². The van der Waals surface area contributed by atoms with E-state index in [-0.39, 0.29) is 10.9 Å². The van der Waals surface area contributed by atoms with Crippen LogP contribution in [-0.2, 0) is 16.0 Å².